The van der Waals surface area contributed by atoms with Gasteiger partial charge in [-0.1, -0.05) is 18.9 Å². The summed E-state index contributed by atoms with van der Waals surface area (Å²) in [7, 11) is 3.31. The van der Waals surface area contributed by atoms with Gasteiger partial charge in [-0.15, -0.1) is 12.4 Å². The number of hydrogen-bond acceptors (Lipinski definition) is 5. The van der Waals surface area contributed by atoms with Gasteiger partial charge in [0.15, 0.2) is 11.5 Å². The predicted octanol–water partition coefficient (Wildman–Crippen LogP) is 3.06. The number of nitrogens with zero attached hydrogens (tertiary/aromatic N) is 1. The minimum absolute atomic E-state index is 0. The molecule has 0 bridgehead atoms. The minimum Gasteiger partial charge on any atom is -0.493 e. The second-order valence-corrected chi connectivity index (χ2v) is 7.14. The molecule has 2 aliphatic rings. The van der Waals surface area contributed by atoms with Crippen LogP contribution >= 0.6 is 12.4 Å². The van der Waals surface area contributed by atoms with Gasteiger partial charge < -0.3 is 19.3 Å². The van der Waals surface area contributed by atoms with Gasteiger partial charge in [0.2, 0.25) is 0 Å². The largest absolute Gasteiger partial charge is 0.493 e. The average molecular weight is 386 g/mol. The van der Waals surface area contributed by atoms with E-state index in [1.165, 1.54) is 24.8 Å². The summed E-state index contributed by atoms with van der Waals surface area (Å²) in [6, 6.07) is 6.51. The number of hydrogen-bond donors (Lipinski definition) is 1. The monoisotopic (exact) mass is 385 g/mol. The van der Waals surface area contributed by atoms with Crippen LogP contribution < -0.4 is 9.47 Å². The molecule has 0 spiro atoms. The van der Waals surface area contributed by atoms with Crippen LogP contribution in [0.25, 0.3) is 0 Å². The first-order chi connectivity index (χ1) is 12.2. The summed E-state index contributed by atoms with van der Waals surface area (Å²) < 4.78 is 16.9. The molecular formula is C20H32ClNO4. The lowest BCUT2D eigenvalue weighted by Crippen LogP contribution is -2.46. The Morgan fingerprint density at radius 2 is 1.85 bits per heavy atom. The fraction of sp³-hybridized carbons (Fsp3) is 0.700. The number of benzene rings is 1. The highest BCUT2D eigenvalue weighted by Crippen LogP contribution is 2.30. The first-order valence-electron chi connectivity index (χ1n) is 9.46. The lowest BCUT2D eigenvalue weighted by Gasteiger charge is -2.37. The van der Waals surface area contributed by atoms with Crippen molar-refractivity contribution in [1.82, 2.24) is 4.90 Å². The van der Waals surface area contributed by atoms with Crippen molar-refractivity contribution in [2.75, 3.05) is 33.9 Å². The number of rotatable bonds is 7. The van der Waals surface area contributed by atoms with E-state index in [0.717, 1.165) is 43.9 Å². The van der Waals surface area contributed by atoms with E-state index in [2.05, 4.69) is 11.0 Å². The summed E-state index contributed by atoms with van der Waals surface area (Å²) in [5.74, 6) is 1.52. The molecule has 5 nitrogen and oxygen atoms in total. The second kappa shape index (κ2) is 10.4. The number of methoxy groups -OCH3 is 2. The number of aliphatic hydroxyl groups is 1. The van der Waals surface area contributed by atoms with Crippen molar-refractivity contribution < 1.29 is 19.3 Å². The predicted molar refractivity (Wildman–Crippen MR) is 105 cm³/mol. The summed E-state index contributed by atoms with van der Waals surface area (Å²) in [5, 5.41) is 9.83. The fourth-order valence-electron chi connectivity index (χ4n) is 4.12. The van der Waals surface area contributed by atoms with Crippen LogP contribution in [-0.2, 0) is 11.2 Å². The van der Waals surface area contributed by atoms with Crippen molar-refractivity contribution in [2.45, 2.75) is 56.8 Å². The quantitative estimate of drug-likeness (QED) is 0.781. The molecule has 1 aliphatic carbocycles. The molecule has 0 radical (unpaired) electrons. The van der Waals surface area contributed by atoms with E-state index in [1.54, 1.807) is 14.2 Å². The van der Waals surface area contributed by atoms with Gasteiger partial charge in [0.05, 0.1) is 33.0 Å². The van der Waals surface area contributed by atoms with Crippen LogP contribution in [0.3, 0.4) is 0 Å². The zero-order valence-electron chi connectivity index (χ0n) is 15.9. The number of ether oxygens (including phenoxy) is 3. The van der Waals surface area contributed by atoms with Crippen molar-refractivity contribution in [3.8, 4) is 11.5 Å². The molecule has 1 aromatic rings. The molecule has 6 heteroatoms. The fourth-order valence-corrected chi connectivity index (χ4v) is 4.12. The SMILES string of the molecule is COc1ccc(CCO[C@@H]2CCCC[C@@H]2N2CC[C@H](O)C2)cc1OC.Cl. The normalized spacial score (nSPS) is 26.3. The lowest BCUT2D eigenvalue weighted by atomic mass is 9.91. The van der Waals surface area contributed by atoms with Gasteiger partial charge in [-0.25, -0.2) is 0 Å². The highest BCUT2D eigenvalue weighted by atomic mass is 35.5. The Labute approximate surface area is 163 Å². The van der Waals surface area contributed by atoms with Crippen LogP contribution in [0.5, 0.6) is 11.5 Å². The van der Waals surface area contributed by atoms with E-state index >= 15 is 0 Å². The van der Waals surface area contributed by atoms with Gasteiger partial charge in [-0.3, -0.25) is 4.90 Å². The van der Waals surface area contributed by atoms with Gasteiger partial charge in [0.1, 0.15) is 0 Å². The van der Waals surface area contributed by atoms with Crippen molar-refractivity contribution in [3.05, 3.63) is 23.8 Å². The van der Waals surface area contributed by atoms with Gasteiger partial charge in [0, 0.05) is 19.1 Å². The molecule has 1 aromatic carbocycles. The summed E-state index contributed by atoms with van der Waals surface area (Å²) >= 11 is 0. The van der Waals surface area contributed by atoms with Crippen LogP contribution in [0.2, 0.25) is 0 Å². The molecule has 0 unspecified atom stereocenters. The Morgan fingerprint density at radius 1 is 1.08 bits per heavy atom. The second-order valence-electron chi connectivity index (χ2n) is 7.14. The van der Waals surface area contributed by atoms with Crippen LogP contribution in [0, 0.1) is 0 Å². The molecule has 1 N–H and O–H groups in total. The molecule has 3 rings (SSSR count). The highest BCUT2D eigenvalue weighted by Gasteiger charge is 2.34. The lowest BCUT2D eigenvalue weighted by molar-refractivity contribution is -0.0316. The van der Waals surface area contributed by atoms with Gasteiger partial charge in [-0.05, 0) is 43.4 Å². The van der Waals surface area contributed by atoms with Crippen LogP contribution in [0.4, 0.5) is 0 Å². The third-order valence-electron chi connectivity index (χ3n) is 5.50. The first-order valence-corrected chi connectivity index (χ1v) is 9.46. The Morgan fingerprint density at radius 3 is 2.54 bits per heavy atom. The zero-order chi connectivity index (χ0) is 17.6. The summed E-state index contributed by atoms with van der Waals surface area (Å²) in [6.07, 6.45) is 6.73. The van der Waals surface area contributed by atoms with Crippen molar-refractivity contribution >= 4 is 12.4 Å². The molecule has 3 atom stereocenters. The van der Waals surface area contributed by atoms with E-state index in [4.69, 9.17) is 14.2 Å². The molecule has 148 valence electrons. The maximum absolute atomic E-state index is 9.83. The van der Waals surface area contributed by atoms with Crippen molar-refractivity contribution in [1.29, 1.82) is 0 Å². The standard InChI is InChI=1S/C20H31NO4.ClH/c1-23-19-8-7-15(13-20(19)24-2)10-12-25-18-6-4-3-5-17(18)21-11-9-16(22)14-21;/h7-8,13,16-18,22H,3-6,9-12,14H2,1-2H3;1H/t16-,17-,18+;/m0./s1. The molecule has 1 heterocycles. The van der Waals surface area contributed by atoms with Crippen molar-refractivity contribution in [2.24, 2.45) is 0 Å². The van der Waals surface area contributed by atoms with Crippen LogP contribution in [0.1, 0.15) is 37.7 Å². The number of β-amino-alcohol motifs (C(OH)–C–C–N with tert-alkyl or cyclic N) is 1. The van der Waals surface area contributed by atoms with Gasteiger partial charge in [0.25, 0.3) is 0 Å². The maximum atomic E-state index is 9.83. The van der Waals surface area contributed by atoms with E-state index in [1.807, 2.05) is 12.1 Å². The zero-order valence-corrected chi connectivity index (χ0v) is 16.7. The first kappa shape index (κ1) is 21.3. The average Bonchev–Trinajstić information content (AvgIpc) is 3.08. The topological polar surface area (TPSA) is 51.2 Å². The maximum Gasteiger partial charge on any atom is 0.160 e. The summed E-state index contributed by atoms with van der Waals surface area (Å²) in [4.78, 5) is 2.44. The number of halogens is 1. The number of likely N-dealkylation sites (tertiary alicyclic amines) is 1. The molecule has 2 fully saturated rings. The summed E-state index contributed by atoms with van der Waals surface area (Å²) in [6.45, 7) is 2.52. The smallest absolute Gasteiger partial charge is 0.160 e. The molecule has 26 heavy (non-hydrogen) atoms. The number of aliphatic hydroxyl groups excluding tert-OH is 1. The van der Waals surface area contributed by atoms with Crippen LogP contribution in [-0.4, -0.2) is 62.2 Å². The minimum atomic E-state index is -0.158. The molecule has 0 amide bonds. The van der Waals surface area contributed by atoms with Crippen molar-refractivity contribution in [3.63, 3.8) is 0 Å². The molecular weight excluding hydrogens is 354 g/mol. The highest BCUT2D eigenvalue weighted by molar-refractivity contribution is 5.85. The van der Waals surface area contributed by atoms with E-state index in [9.17, 15) is 5.11 Å². The molecule has 1 saturated carbocycles. The van der Waals surface area contributed by atoms with Crippen LogP contribution in [0.15, 0.2) is 18.2 Å². The third-order valence-corrected chi connectivity index (χ3v) is 5.50. The van der Waals surface area contributed by atoms with Gasteiger partial charge >= 0.3 is 0 Å². The third kappa shape index (κ3) is 5.26. The van der Waals surface area contributed by atoms with E-state index in [-0.39, 0.29) is 18.5 Å². The van der Waals surface area contributed by atoms with Gasteiger partial charge in [-0.2, -0.15) is 0 Å². The Balaban J connectivity index is 0.00000243. The Kier molecular flexibility index (Phi) is 8.48. The van der Waals surface area contributed by atoms with E-state index < -0.39 is 0 Å². The molecule has 0 aromatic heterocycles. The summed E-state index contributed by atoms with van der Waals surface area (Å²) in [5.41, 5.74) is 1.20. The van der Waals surface area contributed by atoms with E-state index in [0.29, 0.717) is 18.8 Å². The Hall–Kier alpha value is -1.01. The molecule has 1 aliphatic heterocycles. The molecule has 1 saturated heterocycles. The Bertz CT molecular complexity index is 557.